The van der Waals surface area contributed by atoms with Crippen LogP contribution in [-0.2, 0) is 19.5 Å². The summed E-state index contributed by atoms with van der Waals surface area (Å²) >= 11 is 6.12. The Kier molecular flexibility index (Phi) is 6.96. The lowest BCUT2D eigenvalue weighted by atomic mass is 10.00. The molecule has 0 saturated heterocycles. The summed E-state index contributed by atoms with van der Waals surface area (Å²) in [5.41, 5.74) is 5.25. The molecular weight excluding hydrogens is 438 g/mol. The van der Waals surface area contributed by atoms with E-state index < -0.39 is 0 Å². The van der Waals surface area contributed by atoms with Crippen molar-refractivity contribution in [3.05, 3.63) is 93.5 Å². The first-order valence-corrected chi connectivity index (χ1v) is 11.2. The number of hydrogen-bond acceptors (Lipinski definition) is 4. The van der Waals surface area contributed by atoms with Gasteiger partial charge in [0.2, 0.25) is 0 Å². The van der Waals surface area contributed by atoms with Crippen LogP contribution in [0, 0.1) is 0 Å². The van der Waals surface area contributed by atoms with Crippen LogP contribution in [0.2, 0.25) is 5.02 Å². The van der Waals surface area contributed by atoms with Crippen LogP contribution in [0.1, 0.15) is 37.4 Å². The molecular formula is C26H26ClN3O3. The highest BCUT2D eigenvalue weighted by Gasteiger charge is 2.17. The Morgan fingerprint density at radius 3 is 2.70 bits per heavy atom. The van der Waals surface area contributed by atoms with Crippen LogP contribution in [0.15, 0.2) is 60.7 Å². The summed E-state index contributed by atoms with van der Waals surface area (Å²) in [4.78, 5) is 27.3. The van der Waals surface area contributed by atoms with Crippen molar-refractivity contribution in [2.45, 2.75) is 19.5 Å². The summed E-state index contributed by atoms with van der Waals surface area (Å²) < 4.78 is 5.12. The number of anilines is 1. The summed E-state index contributed by atoms with van der Waals surface area (Å²) in [6.07, 6.45) is 1.00. The normalized spacial score (nSPS) is 12.6. The van der Waals surface area contributed by atoms with Crippen LogP contribution in [0.25, 0.3) is 0 Å². The third-order valence-corrected chi connectivity index (χ3v) is 6.10. The summed E-state index contributed by atoms with van der Waals surface area (Å²) in [6, 6.07) is 18.3. The third-order valence-electron chi connectivity index (χ3n) is 5.81. The van der Waals surface area contributed by atoms with Crippen molar-refractivity contribution < 1.29 is 14.3 Å². The number of nitrogens with one attached hydrogen (secondary N) is 2. The highest BCUT2D eigenvalue weighted by molar-refractivity contribution is 6.32. The lowest BCUT2D eigenvalue weighted by molar-refractivity contribution is 0.0950. The lowest BCUT2D eigenvalue weighted by Crippen LogP contribution is -2.28. The van der Waals surface area contributed by atoms with Crippen molar-refractivity contribution in [3.63, 3.8) is 0 Å². The van der Waals surface area contributed by atoms with Crippen LogP contribution in [0.4, 0.5) is 5.69 Å². The number of carbonyl (C=O) groups excluding carboxylic acids is 2. The predicted octanol–water partition coefficient (Wildman–Crippen LogP) is 4.20. The molecule has 0 unspecified atom stereocenters. The molecule has 0 radical (unpaired) electrons. The van der Waals surface area contributed by atoms with Crippen molar-refractivity contribution in [3.8, 4) is 5.75 Å². The highest BCUT2D eigenvalue weighted by Crippen LogP contribution is 2.25. The Morgan fingerprint density at radius 2 is 1.91 bits per heavy atom. The number of benzene rings is 3. The van der Waals surface area contributed by atoms with E-state index in [0.29, 0.717) is 21.9 Å². The molecule has 4 rings (SSSR count). The average Bonchev–Trinajstić information content (AvgIpc) is 2.86. The second-order valence-electron chi connectivity index (χ2n) is 7.98. The third kappa shape index (κ3) is 5.18. The molecule has 3 aromatic rings. The Bertz CT molecular complexity index is 1200. The van der Waals surface area contributed by atoms with Crippen molar-refractivity contribution >= 4 is 29.1 Å². The SMILES string of the molecule is COc1ccc(C(=O)NCc2cccc(C(=O)N(C)c3ccc4c(c3)CNCC4)c2)cc1Cl. The molecule has 1 heterocycles. The number of ether oxygens (including phenoxy) is 1. The number of hydrogen-bond donors (Lipinski definition) is 2. The van der Waals surface area contributed by atoms with Gasteiger partial charge in [0.25, 0.3) is 11.8 Å². The van der Waals surface area contributed by atoms with E-state index in [1.54, 1.807) is 42.3 Å². The Labute approximate surface area is 198 Å². The molecule has 0 saturated carbocycles. The molecule has 1 aliphatic heterocycles. The van der Waals surface area contributed by atoms with Gasteiger partial charge in [0.1, 0.15) is 5.75 Å². The van der Waals surface area contributed by atoms with Gasteiger partial charge < -0.3 is 20.3 Å². The molecule has 1 aliphatic rings. The van der Waals surface area contributed by atoms with Gasteiger partial charge >= 0.3 is 0 Å². The van der Waals surface area contributed by atoms with Gasteiger partial charge in [-0.05, 0) is 72.1 Å². The number of halogens is 1. The largest absolute Gasteiger partial charge is 0.495 e. The van der Waals surface area contributed by atoms with Gasteiger partial charge in [-0.3, -0.25) is 9.59 Å². The van der Waals surface area contributed by atoms with E-state index in [2.05, 4.69) is 22.8 Å². The van der Waals surface area contributed by atoms with Gasteiger partial charge in [0, 0.05) is 37.0 Å². The minimum Gasteiger partial charge on any atom is -0.495 e. The van der Waals surface area contributed by atoms with Gasteiger partial charge in [0.05, 0.1) is 12.1 Å². The average molecular weight is 464 g/mol. The molecule has 3 aromatic carbocycles. The summed E-state index contributed by atoms with van der Waals surface area (Å²) in [6.45, 7) is 2.09. The van der Waals surface area contributed by atoms with Gasteiger partial charge in [-0.2, -0.15) is 0 Å². The van der Waals surface area contributed by atoms with Crippen LogP contribution >= 0.6 is 11.6 Å². The van der Waals surface area contributed by atoms with Crippen molar-refractivity contribution in [1.82, 2.24) is 10.6 Å². The first kappa shape index (κ1) is 22.8. The zero-order valence-electron chi connectivity index (χ0n) is 18.7. The van der Waals surface area contributed by atoms with E-state index >= 15 is 0 Å². The summed E-state index contributed by atoms with van der Waals surface area (Å²) in [7, 11) is 3.30. The zero-order valence-corrected chi connectivity index (χ0v) is 19.4. The first-order chi connectivity index (χ1) is 16.0. The summed E-state index contributed by atoms with van der Waals surface area (Å²) in [5, 5.41) is 6.61. The van der Waals surface area contributed by atoms with E-state index in [9.17, 15) is 9.59 Å². The standard InChI is InChI=1S/C26H26ClN3O3/c1-30(22-8-6-18-10-11-28-16-21(18)13-22)26(32)20-5-3-4-17(12-20)15-29-25(31)19-7-9-24(33-2)23(27)14-19/h3-9,12-14,28H,10-11,15-16H2,1-2H3,(H,29,31). The maximum absolute atomic E-state index is 13.1. The van der Waals surface area contributed by atoms with E-state index in [0.717, 1.165) is 30.8 Å². The molecule has 6 nitrogen and oxygen atoms in total. The minimum atomic E-state index is -0.254. The molecule has 0 aromatic heterocycles. The fourth-order valence-electron chi connectivity index (χ4n) is 3.89. The Hall–Kier alpha value is -3.35. The molecule has 0 atom stereocenters. The van der Waals surface area contributed by atoms with Gasteiger partial charge in [0.15, 0.2) is 0 Å². The number of methoxy groups -OCH3 is 1. The fraction of sp³-hybridized carbons (Fsp3) is 0.231. The first-order valence-electron chi connectivity index (χ1n) is 10.8. The fourth-order valence-corrected chi connectivity index (χ4v) is 4.15. The molecule has 2 N–H and O–H groups in total. The van der Waals surface area contributed by atoms with Crippen LogP contribution < -0.4 is 20.3 Å². The van der Waals surface area contributed by atoms with Crippen LogP contribution in [-0.4, -0.2) is 32.5 Å². The second-order valence-corrected chi connectivity index (χ2v) is 8.38. The molecule has 33 heavy (non-hydrogen) atoms. The van der Waals surface area contributed by atoms with Gasteiger partial charge in [-0.15, -0.1) is 0 Å². The number of amides is 2. The Morgan fingerprint density at radius 1 is 1.06 bits per heavy atom. The maximum Gasteiger partial charge on any atom is 0.258 e. The van der Waals surface area contributed by atoms with Crippen LogP contribution in [0.3, 0.4) is 0 Å². The molecule has 0 bridgehead atoms. The second kappa shape index (κ2) is 10.1. The molecule has 2 amide bonds. The molecule has 7 heteroatoms. The number of fused-ring (bicyclic) bond motifs is 1. The van der Waals surface area contributed by atoms with Crippen molar-refractivity contribution in [2.24, 2.45) is 0 Å². The lowest BCUT2D eigenvalue weighted by Gasteiger charge is -2.22. The molecule has 170 valence electrons. The van der Waals surface area contributed by atoms with E-state index in [4.69, 9.17) is 16.3 Å². The summed E-state index contributed by atoms with van der Waals surface area (Å²) in [5.74, 6) is 0.156. The smallest absolute Gasteiger partial charge is 0.258 e. The van der Waals surface area contributed by atoms with E-state index in [-0.39, 0.29) is 18.4 Å². The van der Waals surface area contributed by atoms with Gasteiger partial charge in [-0.1, -0.05) is 29.8 Å². The van der Waals surface area contributed by atoms with Crippen molar-refractivity contribution in [1.29, 1.82) is 0 Å². The topological polar surface area (TPSA) is 70.7 Å². The predicted molar refractivity (Wildman–Crippen MR) is 130 cm³/mol. The highest BCUT2D eigenvalue weighted by atomic mass is 35.5. The number of nitrogens with zero attached hydrogens (tertiary/aromatic N) is 1. The number of rotatable bonds is 6. The van der Waals surface area contributed by atoms with E-state index in [1.807, 2.05) is 18.2 Å². The molecule has 0 spiro atoms. The minimum absolute atomic E-state index is 0.103. The molecule has 0 fully saturated rings. The van der Waals surface area contributed by atoms with Crippen molar-refractivity contribution in [2.75, 3.05) is 25.6 Å². The molecule has 0 aliphatic carbocycles. The quantitative estimate of drug-likeness (QED) is 0.574. The monoisotopic (exact) mass is 463 g/mol. The van der Waals surface area contributed by atoms with Gasteiger partial charge in [-0.25, -0.2) is 0 Å². The number of carbonyl (C=O) groups is 2. The van der Waals surface area contributed by atoms with E-state index in [1.165, 1.54) is 18.2 Å². The zero-order chi connectivity index (χ0) is 23.4. The van der Waals surface area contributed by atoms with Crippen LogP contribution in [0.5, 0.6) is 5.75 Å². The Balaban J connectivity index is 1.43. The maximum atomic E-state index is 13.1.